The Balaban J connectivity index is 1.65. The van der Waals surface area contributed by atoms with E-state index in [0.29, 0.717) is 38.1 Å². The molecular weight excluding hydrogens is 455 g/mol. The molecule has 34 heavy (non-hydrogen) atoms. The lowest BCUT2D eigenvalue weighted by atomic mass is 10.0. The number of halogens is 3. The molecule has 9 nitrogen and oxygen atoms in total. The van der Waals surface area contributed by atoms with Gasteiger partial charge in [-0.1, -0.05) is 0 Å². The number of anilines is 1. The molecular formula is C22H26F3N5O4. The number of likely N-dealkylation sites (tertiary alicyclic amines) is 1. The number of amides is 3. The Morgan fingerprint density at radius 1 is 1.15 bits per heavy atom. The van der Waals surface area contributed by atoms with Crippen molar-refractivity contribution in [3.05, 3.63) is 47.0 Å². The number of hydrogen-bond acceptors (Lipinski definition) is 5. The monoisotopic (exact) mass is 481 g/mol. The van der Waals surface area contributed by atoms with Gasteiger partial charge in [0.25, 0.3) is 11.8 Å². The molecule has 1 aromatic carbocycles. The first kappa shape index (κ1) is 25.1. The van der Waals surface area contributed by atoms with Gasteiger partial charge < -0.3 is 19.9 Å². The molecule has 1 fully saturated rings. The SMILES string of the molecule is CN(C(=O)c1[nH]ncc1NC(=O)c1c(F)cc(F)cc1F)C1CCN(C(=O)OC(C)(C)C)CC1. The van der Waals surface area contributed by atoms with Crippen molar-refractivity contribution in [2.24, 2.45) is 0 Å². The Morgan fingerprint density at radius 2 is 1.74 bits per heavy atom. The molecule has 0 aliphatic carbocycles. The lowest BCUT2D eigenvalue weighted by Gasteiger charge is -2.37. The van der Waals surface area contributed by atoms with Crippen molar-refractivity contribution in [1.29, 1.82) is 0 Å². The van der Waals surface area contributed by atoms with Crippen molar-refractivity contribution < 1.29 is 32.3 Å². The lowest BCUT2D eigenvalue weighted by Crippen LogP contribution is -2.48. The average molecular weight is 481 g/mol. The second-order valence-electron chi connectivity index (χ2n) is 8.97. The Bertz CT molecular complexity index is 1070. The maximum atomic E-state index is 13.9. The van der Waals surface area contributed by atoms with Gasteiger partial charge in [-0.25, -0.2) is 18.0 Å². The van der Waals surface area contributed by atoms with E-state index >= 15 is 0 Å². The van der Waals surface area contributed by atoms with Crippen LogP contribution in [0.1, 0.15) is 54.5 Å². The number of benzene rings is 1. The summed E-state index contributed by atoms with van der Waals surface area (Å²) < 4.78 is 46.3. The Hall–Kier alpha value is -3.57. The van der Waals surface area contributed by atoms with Crippen LogP contribution in [0.5, 0.6) is 0 Å². The number of nitrogens with zero attached hydrogens (tertiary/aromatic N) is 3. The smallest absolute Gasteiger partial charge is 0.410 e. The zero-order valence-corrected chi connectivity index (χ0v) is 19.2. The summed E-state index contributed by atoms with van der Waals surface area (Å²) in [5, 5.41) is 8.47. The van der Waals surface area contributed by atoms with Gasteiger partial charge in [0.15, 0.2) is 0 Å². The highest BCUT2D eigenvalue weighted by Gasteiger charge is 2.32. The molecule has 12 heteroatoms. The predicted molar refractivity (Wildman–Crippen MR) is 116 cm³/mol. The molecule has 0 atom stereocenters. The number of H-pyrrole nitrogens is 1. The predicted octanol–water partition coefficient (Wildman–Crippen LogP) is 3.55. The Kier molecular flexibility index (Phi) is 7.18. The van der Waals surface area contributed by atoms with Crippen LogP contribution in [0, 0.1) is 17.5 Å². The number of aromatic nitrogens is 2. The molecule has 1 aromatic heterocycles. The van der Waals surface area contributed by atoms with Gasteiger partial charge in [-0.15, -0.1) is 0 Å². The zero-order valence-electron chi connectivity index (χ0n) is 19.2. The number of aromatic amines is 1. The number of ether oxygens (including phenoxy) is 1. The molecule has 0 bridgehead atoms. The van der Waals surface area contributed by atoms with E-state index in [9.17, 15) is 27.6 Å². The maximum absolute atomic E-state index is 13.9. The van der Waals surface area contributed by atoms with Crippen molar-refractivity contribution in [2.45, 2.75) is 45.3 Å². The lowest BCUT2D eigenvalue weighted by molar-refractivity contribution is 0.0159. The molecule has 0 saturated carbocycles. The van der Waals surface area contributed by atoms with Crippen LogP contribution in [0.15, 0.2) is 18.3 Å². The minimum absolute atomic E-state index is 0.0869. The van der Waals surface area contributed by atoms with Gasteiger partial charge in [0, 0.05) is 38.3 Å². The minimum Gasteiger partial charge on any atom is -0.444 e. The van der Waals surface area contributed by atoms with Crippen LogP contribution in [0.2, 0.25) is 0 Å². The van der Waals surface area contributed by atoms with Gasteiger partial charge in [-0.3, -0.25) is 14.7 Å². The average Bonchev–Trinajstić information content (AvgIpc) is 3.18. The largest absolute Gasteiger partial charge is 0.444 e. The first-order chi connectivity index (χ1) is 15.9. The molecule has 184 valence electrons. The summed E-state index contributed by atoms with van der Waals surface area (Å²) in [5.41, 5.74) is -1.77. The van der Waals surface area contributed by atoms with Crippen LogP contribution in [0.25, 0.3) is 0 Å². The summed E-state index contributed by atoms with van der Waals surface area (Å²) >= 11 is 0. The van der Waals surface area contributed by atoms with Gasteiger partial charge in [0.05, 0.1) is 11.9 Å². The molecule has 2 aromatic rings. The van der Waals surface area contributed by atoms with E-state index in [4.69, 9.17) is 4.74 Å². The fraction of sp³-hybridized carbons (Fsp3) is 0.455. The van der Waals surface area contributed by atoms with Gasteiger partial charge >= 0.3 is 6.09 Å². The van der Waals surface area contributed by atoms with Crippen LogP contribution < -0.4 is 5.32 Å². The molecule has 0 unspecified atom stereocenters. The third-order valence-corrected chi connectivity index (χ3v) is 5.32. The minimum atomic E-state index is -1.37. The van der Waals surface area contributed by atoms with Crippen LogP contribution in [0.3, 0.4) is 0 Å². The third-order valence-electron chi connectivity index (χ3n) is 5.32. The van der Waals surface area contributed by atoms with Crippen molar-refractivity contribution >= 4 is 23.6 Å². The van der Waals surface area contributed by atoms with Crippen molar-refractivity contribution in [2.75, 3.05) is 25.5 Å². The van der Waals surface area contributed by atoms with Crippen LogP contribution in [-0.4, -0.2) is 69.7 Å². The van der Waals surface area contributed by atoms with E-state index in [0.717, 1.165) is 6.20 Å². The number of rotatable bonds is 4. The number of piperidine rings is 1. The van der Waals surface area contributed by atoms with E-state index in [1.54, 1.807) is 32.7 Å². The summed E-state index contributed by atoms with van der Waals surface area (Å²) in [6.07, 6.45) is 1.72. The first-order valence-electron chi connectivity index (χ1n) is 10.6. The summed E-state index contributed by atoms with van der Waals surface area (Å²) in [4.78, 5) is 40.7. The van der Waals surface area contributed by atoms with Crippen LogP contribution in [-0.2, 0) is 4.74 Å². The highest BCUT2D eigenvalue weighted by atomic mass is 19.1. The van der Waals surface area contributed by atoms with Gasteiger partial charge in [0.2, 0.25) is 0 Å². The molecule has 2 heterocycles. The zero-order chi connectivity index (χ0) is 25.2. The summed E-state index contributed by atoms with van der Waals surface area (Å²) in [5.74, 6) is -5.62. The highest BCUT2D eigenvalue weighted by molar-refractivity contribution is 6.08. The number of carbonyl (C=O) groups excluding carboxylic acids is 3. The standard InChI is InChI=1S/C22H26F3N5O4/c1-22(2,3)34-21(33)30-7-5-13(6-8-30)29(4)20(32)18-16(11-26-28-18)27-19(31)17-14(24)9-12(23)10-15(17)25/h9-11,13H,5-8H2,1-4H3,(H,26,28)(H,27,31). The topological polar surface area (TPSA) is 108 Å². The molecule has 3 rings (SSSR count). The molecule has 0 spiro atoms. The summed E-state index contributed by atoms with van der Waals surface area (Å²) in [6.45, 7) is 6.14. The van der Waals surface area contributed by atoms with Crippen LogP contribution in [0.4, 0.5) is 23.7 Å². The molecule has 3 amide bonds. The normalized spacial score (nSPS) is 14.6. The Labute approximate surface area is 194 Å². The Morgan fingerprint density at radius 3 is 2.29 bits per heavy atom. The fourth-order valence-electron chi connectivity index (χ4n) is 3.59. The number of nitrogens with one attached hydrogen (secondary N) is 2. The van der Waals surface area contributed by atoms with E-state index in [-0.39, 0.29) is 17.4 Å². The van der Waals surface area contributed by atoms with Gasteiger partial charge in [-0.2, -0.15) is 5.10 Å². The van der Waals surface area contributed by atoms with E-state index in [1.165, 1.54) is 4.90 Å². The first-order valence-corrected chi connectivity index (χ1v) is 10.6. The summed E-state index contributed by atoms with van der Waals surface area (Å²) in [7, 11) is 1.57. The number of carbonyl (C=O) groups is 3. The van der Waals surface area contributed by atoms with Gasteiger partial charge in [-0.05, 0) is 33.6 Å². The van der Waals surface area contributed by atoms with Crippen molar-refractivity contribution in [3.8, 4) is 0 Å². The highest BCUT2D eigenvalue weighted by Crippen LogP contribution is 2.23. The van der Waals surface area contributed by atoms with E-state index in [1.807, 2.05) is 0 Å². The number of hydrogen-bond donors (Lipinski definition) is 2. The molecule has 1 aliphatic heterocycles. The second kappa shape index (κ2) is 9.74. The molecule has 1 aliphatic rings. The van der Waals surface area contributed by atoms with Gasteiger partial charge in [0.1, 0.15) is 34.3 Å². The maximum Gasteiger partial charge on any atom is 0.410 e. The fourth-order valence-corrected chi connectivity index (χ4v) is 3.59. The third kappa shape index (κ3) is 5.67. The van der Waals surface area contributed by atoms with E-state index < -0.39 is 46.5 Å². The second-order valence-corrected chi connectivity index (χ2v) is 8.97. The molecule has 1 saturated heterocycles. The van der Waals surface area contributed by atoms with E-state index in [2.05, 4.69) is 15.5 Å². The van der Waals surface area contributed by atoms with Crippen molar-refractivity contribution in [1.82, 2.24) is 20.0 Å². The molecule has 0 radical (unpaired) electrons. The van der Waals surface area contributed by atoms with Crippen LogP contribution >= 0.6 is 0 Å². The summed E-state index contributed by atoms with van der Waals surface area (Å²) in [6, 6.07) is 0.568. The molecule has 2 N–H and O–H groups in total. The van der Waals surface area contributed by atoms with Crippen molar-refractivity contribution in [3.63, 3.8) is 0 Å². The quantitative estimate of drug-likeness (QED) is 0.695.